The summed E-state index contributed by atoms with van der Waals surface area (Å²) in [5.74, 6) is 2.23. The molecule has 28 heavy (non-hydrogen) atoms. The fourth-order valence-electron chi connectivity index (χ4n) is 5.10. The van der Waals surface area contributed by atoms with Crippen molar-refractivity contribution in [1.29, 1.82) is 0 Å². The number of nitrogens with one attached hydrogen (secondary N) is 1. The van der Waals surface area contributed by atoms with Crippen LogP contribution in [0.2, 0.25) is 0 Å². The molecule has 0 bridgehead atoms. The maximum atomic E-state index is 12.9. The highest BCUT2D eigenvalue weighted by Crippen LogP contribution is 2.71. The van der Waals surface area contributed by atoms with Gasteiger partial charge in [0.1, 0.15) is 12.4 Å². The molecule has 2 aromatic rings. The lowest BCUT2D eigenvalue weighted by atomic mass is 9.95. The van der Waals surface area contributed by atoms with Crippen LogP contribution in [0.1, 0.15) is 62.1 Å². The number of thiophene rings is 1. The van der Waals surface area contributed by atoms with Gasteiger partial charge in [0, 0.05) is 11.4 Å². The highest BCUT2D eigenvalue weighted by Gasteiger charge is 2.63. The van der Waals surface area contributed by atoms with E-state index >= 15 is 0 Å². The van der Waals surface area contributed by atoms with Crippen molar-refractivity contribution in [2.45, 2.75) is 53.5 Å². The smallest absolute Gasteiger partial charge is 0.261 e. The van der Waals surface area contributed by atoms with Gasteiger partial charge in [-0.3, -0.25) is 4.79 Å². The van der Waals surface area contributed by atoms with Crippen LogP contribution in [-0.2, 0) is 13.0 Å². The molecule has 1 heterocycles. The second-order valence-corrected chi connectivity index (χ2v) is 10.0. The molecule has 1 aromatic heterocycles. The predicted molar refractivity (Wildman–Crippen MR) is 112 cm³/mol. The molecule has 5 heteroatoms. The number of ether oxygens (including phenoxy) is 1. The van der Waals surface area contributed by atoms with Gasteiger partial charge in [-0.1, -0.05) is 26.0 Å². The van der Waals surface area contributed by atoms with E-state index in [1.54, 1.807) is 11.3 Å². The van der Waals surface area contributed by atoms with Crippen LogP contribution in [0.5, 0.6) is 5.75 Å². The van der Waals surface area contributed by atoms with E-state index in [1.807, 2.05) is 26.0 Å². The van der Waals surface area contributed by atoms with Crippen molar-refractivity contribution in [1.82, 2.24) is 5.32 Å². The summed E-state index contributed by atoms with van der Waals surface area (Å²) in [7, 11) is 0. The number of benzene rings is 1. The van der Waals surface area contributed by atoms with Gasteiger partial charge in [-0.15, -0.1) is 11.3 Å². The normalized spacial score (nSPS) is 21.2. The summed E-state index contributed by atoms with van der Waals surface area (Å²) in [5.41, 5.74) is 6.27. The lowest BCUT2D eigenvalue weighted by molar-refractivity contribution is 0.0954. The first kappa shape index (κ1) is 19.5. The number of carbonyl (C=O) groups is 1. The van der Waals surface area contributed by atoms with E-state index in [9.17, 15) is 4.79 Å². The molecule has 2 aliphatic carbocycles. The first-order valence-electron chi connectivity index (χ1n) is 9.99. The van der Waals surface area contributed by atoms with Gasteiger partial charge in [-0.05, 0) is 72.3 Å². The molecule has 1 aromatic carbocycles. The van der Waals surface area contributed by atoms with Crippen LogP contribution in [0, 0.1) is 32.1 Å². The van der Waals surface area contributed by atoms with Crippen molar-refractivity contribution in [2.75, 3.05) is 13.2 Å². The molecule has 4 rings (SSSR count). The van der Waals surface area contributed by atoms with Crippen LogP contribution in [0.25, 0.3) is 0 Å². The zero-order valence-electron chi connectivity index (χ0n) is 17.3. The maximum Gasteiger partial charge on any atom is 0.261 e. The largest absolute Gasteiger partial charge is 0.491 e. The zero-order chi connectivity index (χ0) is 20.2. The minimum Gasteiger partial charge on any atom is -0.491 e. The van der Waals surface area contributed by atoms with Gasteiger partial charge in [0.05, 0.1) is 11.5 Å². The highest BCUT2D eigenvalue weighted by molar-refractivity contribution is 7.14. The molecular weight excluding hydrogens is 370 g/mol. The SMILES string of the molecule is Cc1cc(CNC(=O)c2sc(C)c3c2CC2[C@H]3C2(C)C)cc(C)c1OCCO. The van der Waals surface area contributed by atoms with Crippen LogP contribution < -0.4 is 10.1 Å². The first-order valence-corrected chi connectivity index (χ1v) is 10.8. The second-order valence-electron chi connectivity index (χ2n) is 8.80. The molecule has 150 valence electrons. The lowest BCUT2D eigenvalue weighted by Gasteiger charge is -2.14. The van der Waals surface area contributed by atoms with E-state index in [2.05, 4.69) is 26.1 Å². The van der Waals surface area contributed by atoms with Crippen molar-refractivity contribution in [2.24, 2.45) is 11.3 Å². The lowest BCUT2D eigenvalue weighted by Crippen LogP contribution is -2.23. The molecule has 2 atom stereocenters. The topological polar surface area (TPSA) is 58.6 Å². The van der Waals surface area contributed by atoms with Crippen LogP contribution in [0.3, 0.4) is 0 Å². The molecule has 1 fully saturated rings. The summed E-state index contributed by atoms with van der Waals surface area (Å²) in [6.45, 7) is 11.6. The highest BCUT2D eigenvalue weighted by atomic mass is 32.1. The monoisotopic (exact) mass is 399 g/mol. The number of aliphatic hydroxyl groups is 1. The summed E-state index contributed by atoms with van der Waals surface area (Å²) in [4.78, 5) is 15.1. The van der Waals surface area contributed by atoms with Crippen molar-refractivity contribution in [3.8, 4) is 5.75 Å². The van der Waals surface area contributed by atoms with Gasteiger partial charge in [-0.25, -0.2) is 0 Å². The number of fused-ring (bicyclic) bond motifs is 3. The summed E-state index contributed by atoms with van der Waals surface area (Å²) < 4.78 is 5.62. The number of rotatable bonds is 6. The van der Waals surface area contributed by atoms with Gasteiger partial charge in [0.2, 0.25) is 0 Å². The standard InChI is InChI=1S/C23H29NO3S/c1-12-8-15(9-13(2)20(12)27-7-6-25)11-24-22(26)21-16-10-17-19(23(17,4)5)18(16)14(3)28-21/h8-9,17,19,25H,6-7,10-11H2,1-5H3,(H,24,26)/t17?,19-/m1/s1. The Bertz CT molecular complexity index is 921. The Kier molecular flexibility index (Phi) is 4.79. The minimum atomic E-state index is 0.000136. The molecule has 1 amide bonds. The molecule has 2 aliphatic rings. The van der Waals surface area contributed by atoms with Crippen LogP contribution >= 0.6 is 11.3 Å². The van der Waals surface area contributed by atoms with Gasteiger partial charge in [-0.2, -0.15) is 0 Å². The number of hydrogen-bond acceptors (Lipinski definition) is 4. The molecule has 4 nitrogen and oxygen atoms in total. The fourth-order valence-corrected chi connectivity index (χ4v) is 6.24. The van der Waals surface area contributed by atoms with Crippen molar-refractivity contribution in [3.63, 3.8) is 0 Å². The molecule has 0 aliphatic heterocycles. The minimum absolute atomic E-state index is 0.000136. The van der Waals surface area contributed by atoms with Crippen molar-refractivity contribution >= 4 is 17.2 Å². The third-order valence-electron chi connectivity index (χ3n) is 6.54. The Morgan fingerprint density at radius 1 is 1.29 bits per heavy atom. The van der Waals surface area contributed by atoms with Crippen LogP contribution in [0.15, 0.2) is 12.1 Å². The van der Waals surface area contributed by atoms with Crippen molar-refractivity contribution in [3.05, 3.63) is 49.7 Å². The van der Waals surface area contributed by atoms with Gasteiger partial charge < -0.3 is 15.2 Å². The van der Waals surface area contributed by atoms with E-state index in [-0.39, 0.29) is 12.5 Å². The quantitative estimate of drug-likeness (QED) is 0.763. The third-order valence-corrected chi connectivity index (χ3v) is 7.70. The maximum absolute atomic E-state index is 12.9. The Morgan fingerprint density at radius 2 is 1.96 bits per heavy atom. The Hall–Kier alpha value is -1.85. The predicted octanol–water partition coefficient (Wildman–Crippen LogP) is 4.27. The van der Waals surface area contributed by atoms with Gasteiger partial charge >= 0.3 is 0 Å². The summed E-state index contributed by atoms with van der Waals surface area (Å²) >= 11 is 1.65. The molecule has 1 unspecified atom stereocenters. The van der Waals surface area contributed by atoms with Crippen LogP contribution in [0.4, 0.5) is 0 Å². The number of carbonyl (C=O) groups excluding carboxylic acids is 1. The third kappa shape index (κ3) is 3.05. The second kappa shape index (κ2) is 6.89. The molecule has 0 spiro atoms. The molecule has 0 saturated heterocycles. The van der Waals surface area contributed by atoms with E-state index in [0.717, 1.165) is 33.7 Å². The fraction of sp³-hybridized carbons (Fsp3) is 0.522. The van der Waals surface area contributed by atoms with Crippen LogP contribution in [-0.4, -0.2) is 24.2 Å². The van der Waals surface area contributed by atoms with E-state index in [1.165, 1.54) is 16.0 Å². The number of amides is 1. The van der Waals surface area contributed by atoms with E-state index in [0.29, 0.717) is 30.4 Å². The molecule has 0 radical (unpaired) electrons. The summed E-state index contributed by atoms with van der Waals surface area (Å²) in [5, 5.41) is 12.1. The van der Waals surface area contributed by atoms with E-state index < -0.39 is 0 Å². The number of aryl methyl sites for hydroxylation is 3. The first-order chi connectivity index (χ1) is 13.3. The molecule has 2 N–H and O–H groups in total. The summed E-state index contributed by atoms with van der Waals surface area (Å²) in [6.07, 6.45) is 1.05. The van der Waals surface area contributed by atoms with Gasteiger partial charge in [0.15, 0.2) is 0 Å². The summed E-state index contributed by atoms with van der Waals surface area (Å²) in [6, 6.07) is 4.09. The molecule has 1 saturated carbocycles. The van der Waals surface area contributed by atoms with Gasteiger partial charge in [0.25, 0.3) is 5.91 Å². The van der Waals surface area contributed by atoms with E-state index in [4.69, 9.17) is 9.84 Å². The number of hydrogen-bond donors (Lipinski definition) is 2. The average molecular weight is 400 g/mol. The van der Waals surface area contributed by atoms with Crippen molar-refractivity contribution < 1.29 is 14.6 Å². The Labute approximate surface area is 170 Å². The zero-order valence-corrected chi connectivity index (χ0v) is 18.1. The Balaban J connectivity index is 1.47. The average Bonchev–Trinajstić information content (AvgIpc) is 2.96. The Morgan fingerprint density at radius 3 is 2.61 bits per heavy atom. The molecular formula is C23H29NO3S. The number of aliphatic hydroxyl groups excluding tert-OH is 1.